The lowest BCUT2D eigenvalue weighted by atomic mass is 9.67. The van der Waals surface area contributed by atoms with Crippen LogP contribution in [0.5, 0.6) is 11.5 Å². The van der Waals surface area contributed by atoms with Gasteiger partial charge in [-0.1, -0.05) is 75.2 Å². The first-order valence-corrected chi connectivity index (χ1v) is 35.0. The third-order valence-corrected chi connectivity index (χ3v) is 20.7. The Morgan fingerprint density at radius 2 is 1.61 bits per heavy atom. The van der Waals surface area contributed by atoms with Crippen LogP contribution in [0.1, 0.15) is 130 Å². The molecule has 2 aromatic carbocycles. The van der Waals surface area contributed by atoms with E-state index >= 15 is 0 Å². The second kappa shape index (κ2) is 36.7. The predicted molar refractivity (Wildman–Crippen MR) is 340 cm³/mol. The van der Waals surface area contributed by atoms with Gasteiger partial charge in [-0.2, -0.15) is 5.10 Å². The number of esters is 2. The lowest BCUT2D eigenvalue weighted by Gasteiger charge is -2.48. The van der Waals surface area contributed by atoms with E-state index in [1.807, 2.05) is 38.9 Å². The van der Waals surface area contributed by atoms with Crippen LogP contribution in [0.2, 0.25) is 0 Å². The molecule has 4 aliphatic rings. The molecule has 2 aliphatic carbocycles. The number of aliphatic hydroxyl groups is 2. The molecule has 0 radical (unpaired) electrons. The van der Waals surface area contributed by atoms with Crippen molar-refractivity contribution in [1.29, 1.82) is 0 Å². The van der Waals surface area contributed by atoms with Gasteiger partial charge < -0.3 is 83.3 Å². The minimum absolute atomic E-state index is 0.0113. The van der Waals surface area contributed by atoms with E-state index in [0.29, 0.717) is 51.7 Å². The number of carboxylic acid groups (broad SMARTS) is 1. The fourth-order valence-corrected chi connectivity index (χ4v) is 15.1. The highest BCUT2D eigenvalue weighted by molar-refractivity contribution is 8.77. The summed E-state index contributed by atoms with van der Waals surface area (Å²) in [5, 5.41) is 63.2. The molecule has 92 heavy (non-hydrogen) atoms. The molecule has 2 aliphatic heterocycles. The Labute approximate surface area is 549 Å². The summed E-state index contributed by atoms with van der Waals surface area (Å²) in [6, 6.07) is 4.36. The van der Waals surface area contributed by atoms with Crippen molar-refractivity contribution in [2.75, 3.05) is 71.6 Å². The standard InChI is InChI=1S/C59H87N7O22S4/c1-11-44(83-30(3)27-61-63-42(68)16-19-89-90-20-17-43(69)82-28-36(60-6)55(72)62-37(56(73)74)29-92-91-21-18-81-58(76)64-65-78)87-54-32(5)85-46(25-39(54)67)88-53-31(4)84-45(24-38(53)66(7)8)86-41-26-59(77,12-2)50(57(75)80-10)35-23-34-22-33-14-13-15-40(79-9)47(33)51(70)48(34)52(71)49(35)41/h13-15,23,27,30-32,36-39,41,44-46,50,53-54,60,65,67,71,77-78H,11-12,16-22,24-26,28-29H2,1-10H3,(H,62,72)(H,63,68)(H,64,76)(H,73,74)/b61-27-/t30?,31?,32?,36?,37?,38-,39-,41+,44+,45+,46+,50+,53+,54-,59-/m1/s1. The first-order valence-electron chi connectivity index (χ1n) is 30.1. The highest BCUT2D eigenvalue weighted by atomic mass is 33.1. The zero-order valence-corrected chi connectivity index (χ0v) is 56.3. The molecule has 15 atom stereocenters. The molecule has 2 aromatic rings. The smallest absolute Gasteiger partial charge is 0.423 e. The molecule has 33 heteroatoms. The fraction of sp³-hybridized carbons (Fsp3) is 0.661. The van der Waals surface area contributed by atoms with Crippen LogP contribution in [-0.2, 0) is 73.0 Å². The number of likely N-dealkylation sites (N-methyl/N-ethyl adjacent to an activating group) is 2. The molecule has 0 aromatic heterocycles. The lowest BCUT2D eigenvalue weighted by molar-refractivity contribution is -0.323. The zero-order valence-electron chi connectivity index (χ0n) is 53.1. The van der Waals surface area contributed by atoms with Crippen LogP contribution in [0.15, 0.2) is 29.4 Å². The number of aromatic hydroxyl groups is 1. The van der Waals surface area contributed by atoms with Gasteiger partial charge in [0.1, 0.15) is 54.9 Å². The number of hydrazone groups is 1. The van der Waals surface area contributed by atoms with Gasteiger partial charge in [0, 0.05) is 60.3 Å². The van der Waals surface area contributed by atoms with Gasteiger partial charge in [-0.25, -0.2) is 20.4 Å². The topological polar surface area (TPSA) is 389 Å². The molecule has 0 saturated carbocycles. The van der Waals surface area contributed by atoms with Gasteiger partial charge in [0.2, 0.25) is 17.6 Å². The van der Waals surface area contributed by atoms with Crippen LogP contribution in [0.3, 0.4) is 0 Å². The number of carbonyl (C=O) groups is 7. The summed E-state index contributed by atoms with van der Waals surface area (Å²) in [6.07, 6.45) is -6.35. The van der Waals surface area contributed by atoms with E-state index < -0.39 is 121 Å². The molecule has 3 amide bonds. The van der Waals surface area contributed by atoms with Gasteiger partial charge in [0.15, 0.2) is 18.9 Å². The number of aliphatic carboxylic acids is 1. The van der Waals surface area contributed by atoms with Crippen LogP contribution in [0.4, 0.5) is 4.79 Å². The van der Waals surface area contributed by atoms with Gasteiger partial charge in [-0.05, 0) is 83.9 Å². The van der Waals surface area contributed by atoms with Crippen LogP contribution in [0, 0.1) is 0 Å². The molecule has 0 spiro atoms. The number of nitrogens with zero attached hydrogens (tertiary/aromatic N) is 2. The average Bonchev–Trinajstić information content (AvgIpc) is 0.718. The Balaban J connectivity index is 0.916. The maximum absolute atomic E-state index is 14.3. The normalized spacial score (nSPS) is 25.7. The van der Waals surface area contributed by atoms with Gasteiger partial charge >= 0.3 is 24.0 Å². The van der Waals surface area contributed by atoms with Crippen LogP contribution in [0.25, 0.3) is 0 Å². The second-order valence-corrected chi connectivity index (χ2v) is 27.7. The summed E-state index contributed by atoms with van der Waals surface area (Å²) < 4.78 is 59.4. The number of aliphatic hydroxyl groups excluding tert-OH is 1. The number of phenols is 1. The minimum atomic E-state index is -1.67. The first kappa shape index (κ1) is 75.9. The largest absolute Gasteiger partial charge is 0.507 e. The third-order valence-electron chi connectivity index (χ3n) is 15.9. The number of hydrogen-bond acceptors (Lipinski definition) is 29. The van der Waals surface area contributed by atoms with Gasteiger partial charge in [-0.15, -0.1) is 5.59 Å². The minimum Gasteiger partial charge on any atom is -0.507 e. The van der Waals surface area contributed by atoms with Crippen LogP contribution in [-0.4, -0.2) is 229 Å². The number of hydrogen-bond donors (Lipinski definition) is 10. The van der Waals surface area contributed by atoms with Crippen molar-refractivity contribution in [3.05, 3.63) is 57.6 Å². The number of rotatable bonds is 35. The SMILES string of the molecule is CC[C@@H](OC(C)/C=N\NC(=O)CCSSCCC(=O)OCC(NC)C(=O)NC(CSSCCOC(=O)NNO)C(=O)O)O[C@@H]1C(C)O[C@@H](O[C@H]2C(C)O[C@@H](O[C@H]3C[C@](O)(CC)[C@H](C(=O)OC)c4cc5c(c(O)c43)C(=O)c3c(cccc3OC)C5)C[C@H]2N(C)C)C[C@H]1O. The number of benzene rings is 2. The van der Waals surface area contributed by atoms with E-state index in [-0.39, 0.29) is 92.7 Å². The van der Waals surface area contributed by atoms with Crippen LogP contribution < -0.4 is 31.8 Å². The van der Waals surface area contributed by atoms with Crippen molar-refractivity contribution in [3.63, 3.8) is 0 Å². The van der Waals surface area contributed by atoms with E-state index in [2.05, 4.69) is 21.2 Å². The van der Waals surface area contributed by atoms with Crippen LogP contribution >= 0.6 is 43.2 Å². The Kier molecular flexibility index (Phi) is 30.3. The number of carbonyl (C=O) groups excluding carboxylic acids is 6. The highest BCUT2D eigenvalue weighted by Crippen LogP contribution is 2.54. The predicted octanol–water partition coefficient (Wildman–Crippen LogP) is 3.83. The molecular weight excluding hydrogens is 1290 g/mol. The second-order valence-electron chi connectivity index (χ2n) is 22.4. The van der Waals surface area contributed by atoms with Crippen molar-refractivity contribution in [2.45, 2.75) is 177 Å². The molecule has 6 rings (SSSR count). The number of ketones is 1. The van der Waals surface area contributed by atoms with Crippen molar-refractivity contribution in [3.8, 4) is 11.5 Å². The molecule has 29 nitrogen and oxygen atoms in total. The highest BCUT2D eigenvalue weighted by Gasteiger charge is 2.53. The Morgan fingerprint density at radius 1 is 0.913 bits per heavy atom. The average molecular weight is 1370 g/mol. The lowest BCUT2D eigenvalue weighted by Crippen LogP contribution is -2.58. The van der Waals surface area contributed by atoms with E-state index in [9.17, 15) is 54.0 Å². The molecule has 5 unspecified atom stereocenters. The molecule has 514 valence electrons. The Hall–Kier alpha value is -5.08. The maximum Gasteiger partial charge on any atom is 0.423 e. The Morgan fingerprint density at radius 3 is 2.25 bits per heavy atom. The van der Waals surface area contributed by atoms with Crippen molar-refractivity contribution < 1.29 is 107 Å². The summed E-state index contributed by atoms with van der Waals surface area (Å²) in [5.74, 6) is -4.16. The van der Waals surface area contributed by atoms with Gasteiger partial charge in [0.25, 0.3) is 0 Å². The maximum atomic E-state index is 14.3. The molecule has 0 bridgehead atoms. The van der Waals surface area contributed by atoms with E-state index in [4.69, 9.17) is 52.6 Å². The number of nitrogens with one attached hydrogen (secondary N) is 5. The molecule has 10 N–H and O–H groups in total. The molecular formula is C59H87N7O22S4. The number of phenolic OH excluding ortho intramolecular Hbond substituents is 1. The summed E-state index contributed by atoms with van der Waals surface area (Å²) >= 11 is 0. The number of fused-ring (bicyclic) bond motifs is 3. The summed E-state index contributed by atoms with van der Waals surface area (Å²) in [6.45, 7) is 8.56. The monoisotopic (exact) mass is 1370 g/mol. The number of carboxylic acids is 1. The van der Waals surface area contributed by atoms with E-state index in [1.54, 1.807) is 44.4 Å². The Bertz CT molecular complexity index is 2860. The first-order chi connectivity index (χ1) is 43.9. The van der Waals surface area contributed by atoms with Gasteiger partial charge in [0.05, 0.1) is 74.1 Å². The molecule has 2 saturated heterocycles. The summed E-state index contributed by atoms with van der Waals surface area (Å²) in [4.78, 5) is 90.6. The van der Waals surface area contributed by atoms with Crippen molar-refractivity contribution >= 4 is 91.0 Å². The number of hydrazine groups is 1. The number of methoxy groups -OCH3 is 2. The third kappa shape index (κ3) is 20.5. The summed E-state index contributed by atoms with van der Waals surface area (Å²) in [5.41, 5.74) is 6.11. The van der Waals surface area contributed by atoms with Crippen molar-refractivity contribution in [1.82, 2.24) is 32.0 Å². The quantitative estimate of drug-likeness (QED) is 0.00760. The fourth-order valence-electron chi connectivity index (χ4n) is 11.2. The van der Waals surface area contributed by atoms with Crippen molar-refractivity contribution in [2.24, 2.45) is 5.10 Å². The molecule has 2 fully saturated rings. The zero-order chi connectivity index (χ0) is 67.4. The summed E-state index contributed by atoms with van der Waals surface area (Å²) in [7, 11) is 13.0. The van der Waals surface area contributed by atoms with E-state index in [0.717, 1.165) is 10.8 Å². The van der Waals surface area contributed by atoms with Gasteiger partial charge in [-0.3, -0.25) is 29.2 Å². The van der Waals surface area contributed by atoms with E-state index in [1.165, 1.54) is 65.5 Å². The molecule has 2 heterocycles. The number of ether oxygens (including phenoxy) is 10. The number of amides is 3.